The van der Waals surface area contributed by atoms with Gasteiger partial charge in [0.15, 0.2) is 6.29 Å². The Hall–Kier alpha value is -2.64. The van der Waals surface area contributed by atoms with E-state index in [0.29, 0.717) is 18.3 Å². The van der Waals surface area contributed by atoms with E-state index in [4.69, 9.17) is 14.2 Å². The smallest absolute Gasteiger partial charge is 0.355 e. The molecule has 0 unspecified atom stereocenters. The summed E-state index contributed by atoms with van der Waals surface area (Å²) in [6, 6.07) is 0. The molecule has 0 saturated carbocycles. The van der Waals surface area contributed by atoms with Crippen LogP contribution in [-0.4, -0.2) is 48.6 Å². The molecule has 0 amide bonds. The first-order valence-corrected chi connectivity index (χ1v) is 8.60. The summed E-state index contributed by atoms with van der Waals surface area (Å²) in [6.45, 7) is 7.33. The fraction of sp³-hybridized carbons (Fsp3) is 0.556. The highest BCUT2D eigenvalue weighted by molar-refractivity contribution is 6.03. The van der Waals surface area contributed by atoms with E-state index in [2.05, 4.69) is 0 Å². The van der Waals surface area contributed by atoms with Crippen LogP contribution >= 0.6 is 0 Å². The van der Waals surface area contributed by atoms with Crippen LogP contribution in [0.15, 0.2) is 0 Å². The van der Waals surface area contributed by atoms with Gasteiger partial charge in [-0.3, -0.25) is 9.59 Å². The maximum Gasteiger partial charge on any atom is 0.355 e. The Labute approximate surface area is 152 Å². The lowest BCUT2D eigenvalue weighted by Crippen LogP contribution is -2.16. The van der Waals surface area contributed by atoms with Crippen molar-refractivity contribution >= 4 is 24.2 Å². The standard InChI is InChI=1S/C18H25NO7/c1-5-24-14(21)9-8-10-19-13(11-20)15(17(22)25-6-2)12(4)16(19)18(23)26-7-3/h11H,5-10H2,1-4H3. The first-order chi connectivity index (χ1) is 12.4. The fourth-order valence-corrected chi connectivity index (χ4v) is 2.66. The number of aldehydes is 1. The third-order valence-corrected chi connectivity index (χ3v) is 3.67. The number of aromatic nitrogens is 1. The summed E-state index contributed by atoms with van der Waals surface area (Å²) in [7, 11) is 0. The molecule has 144 valence electrons. The summed E-state index contributed by atoms with van der Waals surface area (Å²) in [4.78, 5) is 47.7. The minimum absolute atomic E-state index is 0.0351. The summed E-state index contributed by atoms with van der Waals surface area (Å²) < 4.78 is 16.3. The number of ether oxygens (including phenoxy) is 3. The normalized spacial score (nSPS) is 10.3. The van der Waals surface area contributed by atoms with Crippen LogP contribution in [0.4, 0.5) is 0 Å². The van der Waals surface area contributed by atoms with Crippen LogP contribution in [0.3, 0.4) is 0 Å². The van der Waals surface area contributed by atoms with Gasteiger partial charge in [0.1, 0.15) is 5.69 Å². The molecule has 0 atom stereocenters. The van der Waals surface area contributed by atoms with E-state index in [1.165, 1.54) is 4.57 Å². The van der Waals surface area contributed by atoms with Crippen molar-refractivity contribution in [1.29, 1.82) is 0 Å². The second-order valence-corrected chi connectivity index (χ2v) is 5.35. The predicted octanol–water partition coefficient (Wildman–Crippen LogP) is 2.31. The molecule has 1 aromatic heterocycles. The highest BCUT2D eigenvalue weighted by Crippen LogP contribution is 2.24. The second kappa shape index (κ2) is 10.4. The van der Waals surface area contributed by atoms with Crippen LogP contribution in [0.2, 0.25) is 0 Å². The Morgan fingerprint density at radius 1 is 0.962 bits per heavy atom. The van der Waals surface area contributed by atoms with Crippen molar-refractivity contribution in [1.82, 2.24) is 4.57 Å². The molecule has 8 heteroatoms. The number of hydrogen-bond donors (Lipinski definition) is 0. The lowest BCUT2D eigenvalue weighted by atomic mass is 10.1. The highest BCUT2D eigenvalue weighted by atomic mass is 16.5. The van der Waals surface area contributed by atoms with Crippen LogP contribution in [0, 0.1) is 6.92 Å². The van der Waals surface area contributed by atoms with E-state index in [1.54, 1.807) is 27.7 Å². The van der Waals surface area contributed by atoms with E-state index in [0.717, 1.165) is 0 Å². The number of hydrogen-bond acceptors (Lipinski definition) is 7. The lowest BCUT2D eigenvalue weighted by molar-refractivity contribution is -0.143. The van der Waals surface area contributed by atoms with E-state index >= 15 is 0 Å². The lowest BCUT2D eigenvalue weighted by Gasteiger charge is -2.11. The van der Waals surface area contributed by atoms with Crippen LogP contribution in [0.1, 0.15) is 70.5 Å². The van der Waals surface area contributed by atoms with Gasteiger partial charge in [-0.15, -0.1) is 0 Å². The highest BCUT2D eigenvalue weighted by Gasteiger charge is 2.29. The zero-order valence-electron chi connectivity index (χ0n) is 15.6. The minimum atomic E-state index is -0.679. The SMILES string of the molecule is CCOC(=O)CCCn1c(C=O)c(C(=O)OCC)c(C)c1C(=O)OCC. The third kappa shape index (κ3) is 4.93. The molecule has 0 spiro atoms. The van der Waals surface area contributed by atoms with Crippen LogP contribution in [0.5, 0.6) is 0 Å². The van der Waals surface area contributed by atoms with Gasteiger partial charge in [0.2, 0.25) is 0 Å². The molecule has 0 bridgehead atoms. The molecule has 8 nitrogen and oxygen atoms in total. The van der Waals surface area contributed by atoms with Crippen molar-refractivity contribution in [3.63, 3.8) is 0 Å². The largest absolute Gasteiger partial charge is 0.466 e. The van der Waals surface area contributed by atoms with E-state index in [-0.39, 0.29) is 55.7 Å². The molecular weight excluding hydrogens is 342 g/mol. The first-order valence-electron chi connectivity index (χ1n) is 8.60. The number of nitrogens with zero attached hydrogens (tertiary/aromatic N) is 1. The molecule has 1 rings (SSSR count). The zero-order chi connectivity index (χ0) is 19.7. The average Bonchev–Trinajstić information content (AvgIpc) is 2.87. The van der Waals surface area contributed by atoms with Gasteiger partial charge in [-0.25, -0.2) is 9.59 Å². The number of carbonyl (C=O) groups excluding carboxylic acids is 4. The van der Waals surface area contributed by atoms with Crippen molar-refractivity contribution < 1.29 is 33.4 Å². The van der Waals surface area contributed by atoms with Crippen molar-refractivity contribution in [3.8, 4) is 0 Å². The summed E-state index contributed by atoms with van der Waals surface area (Å²) in [6.07, 6.45) is 0.967. The number of carbonyl (C=O) groups is 4. The number of esters is 3. The van der Waals surface area contributed by atoms with Gasteiger partial charge in [0, 0.05) is 13.0 Å². The summed E-state index contributed by atoms with van der Waals surface area (Å²) >= 11 is 0. The van der Waals surface area contributed by atoms with Crippen LogP contribution < -0.4 is 0 Å². The second-order valence-electron chi connectivity index (χ2n) is 5.35. The van der Waals surface area contributed by atoms with Gasteiger partial charge in [0.05, 0.1) is 31.1 Å². The number of rotatable bonds is 10. The van der Waals surface area contributed by atoms with E-state index < -0.39 is 11.9 Å². The van der Waals surface area contributed by atoms with Gasteiger partial charge in [0.25, 0.3) is 0 Å². The molecule has 0 radical (unpaired) electrons. The van der Waals surface area contributed by atoms with Crippen molar-refractivity contribution in [2.24, 2.45) is 0 Å². The maximum atomic E-state index is 12.3. The van der Waals surface area contributed by atoms with Crippen LogP contribution in [0.25, 0.3) is 0 Å². The molecule has 0 aliphatic heterocycles. The van der Waals surface area contributed by atoms with Crippen molar-refractivity contribution in [3.05, 3.63) is 22.5 Å². The molecule has 0 aliphatic rings. The summed E-state index contributed by atoms with van der Waals surface area (Å²) in [5.41, 5.74) is 0.509. The van der Waals surface area contributed by atoms with Gasteiger partial charge >= 0.3 is 17.9 Å². The Kier molecular flexibility index (Phi) is 8.54. The molecule has 0 aromatic carbocycles. The summed E-state index contributed by atoms with van der Waals surface area (Å²) in [5, 5.41) is 0. The fourth-order valence-electron chi connectivity index (χ4n) is 2.66. The molecule has 26 heavy (non-hydrogen) atoms. The monoisotopic (exact) mass is 367 g/mol. The maximum absolute atomic E-state index is 12.3. The first kappa shape index (κ1) is 21.4. The van der Waals surface area contributed by atoms with Crippen molar-refractivity contribution in [2.45, 2.75) is 47.1 Å². The zero-order valence-corrected chi connectivity index (χ0v) is 15.6. The van der Waals surface area contributed by atoms with E-state index in [9.17, 15) is 19.2 Å². The molecule has 0 aliphatic carbocycles. The molecule has 1 aromatic rings. The van der Waals surface area contributed by atoms with Gasteiger partial charge in [-0.05, 0) is 39.7 Å². The molecular formula is C18H25NO7. The van der Waals surface area contributed by atoms with Gasteiger partial charge < -0.3 is 18.8 Å². The Morgan fingerprint density at radius 2 is 1.54 bits per heavy atom. The Bertz CT molecular complexity index is 676. The molecule has 1 heterocycles. The molecule has 0 fully saturated rings. The Balaban J connectivity index is 3.28. The quantitative estimate of drug-likeness (QED) is 0.355. The van der Waals surface area contributed by atoms with Gasteiger partial charge in [-0.1, -0.05) is 0 Å². The predicted molar refractivity (Wildman–Crippen MR) is 92.3 cm³/mol. The molecule has 0 saturated heterocycles. The third-order valence-electron chi connectivity index (χ3n) is 3.67. The average molecular weight is 367 g/mol. The minimum Gasteiger partial charge on any atom is -0.466 e. The van der Waals surface area contributed by atoms with Gasteiger partial charge in [-0.2, -0.15) is 0 Å². The van der Waals surface area contributed by atoms with E-state index in [1.807, 2.05) is 0 Å². The van der Waals surface area contributed by atoms with Crippen molar-refractivity contribution in [2.75, 3.05) is 19.8 Å². The topological polar surface area (TPSA) is 101 Å². The molecule has 0 N–H and O–H groups in total. The summed E-state index contributed by atoms with van der Waals surface area (Å²) in [5.74, 6) is -1.69. The van der Waals surface area contributed by atoms with Crippen LogP contribution in [-0.2, 0) is 25.5 Å². The Morgan fingerprint density at radius 3 is 2.08 bits per heavy atom.